The molecule has 0 radical (unpaired) electrons. The maximum absolute atomic E-state index is 13.8. The van der Waals surface area contributed by atoms with E-state index in [1.807, 2.05) is 0 Å². The van der Waals surface area contributed by atoms with E-state index >= 15 is 0 Å². The number of anilines is 2. The molecule has 4 rings (SSSR count). The van der Waals surface area contributed by atoms with E-state index in [-0.39, 0.29) is 42.0 Å². The standard InChI is InChI=1S/C24H21BrFN5O4S/c1-30(23(34)13-3-5-15(26)18(11-13)35-2)14-4-6-17-16(12-14)28-24(31(17)10-9-21(27)32)29-22(33)19-7-8-20(25)36-19/h3-8,11-12H,9-10H2,1-2H3,(H2,27,32)(H,28,29,33). The molecule has 0 saturated heterocycles. The number of carbonyl (C=O) groups excluding carboxylic acids is 3. The lowest BCUT2D eigenvalue weighted by molar-refractivity contribution is -0.118. The van der Waals surface area contributed by atoms with Crippen molar-refractivity contribution in [1.29, 1.82) is 0 Å². The van der Waals surface area contributed by atoms with Crippen LogP contribution in [0, 0.1) is 5.82 Å². The van der Waals surface area contributed by atoms with Gasteiger partial charge in [-0.05, 0) is 64.5 Å². The van der Waals surface area contributed by atoms with Crippen LogP contribution in [-0.4, -0.2) is 41.4 Å². The Hall–Kier alpha value is -3.77. The van der Waals surface area contributed by atoms with Crippen molar-refractivity contribution in [3.8, 4) is 5.75 Å². The van der Waals surface area contributed by atoms with Crippen LogP contribution < -0.4 is 20.7 Å². The minimum absolute atomic E-state index is 0.0314. The Morgan fingerprint density at radius 3 is 2.64 bits per heavy atom. The van der Waals surface area contributed by atoms with Crippen molar-refractivity contribution in [3.05, 3.63) is 68.6 Å². The van der Waals surface area contributed by atoms with Gasteiger partial charge in [-0.2, -0.15) is 0 Å². The minimum atomic E-state index is -0.566. The first-order valence-corrected chi connectivity index (χ1v) is 12.3. The number of nitrogens with zero attached hydrogens (tertiary/aromatic N) is 3. The number of hydrogen-bond acceptors (Lipinski definition) is 6. The third-order valence-electron chi connectivity index (χ3n) is 5.43. The van der Waals surface area contributed by atoms with Gasteiger partial charge in [0.25, 0.3) is 11.8 Å². The predicted molar refractivity (Wildman–Crippen MR) is 139 cm³/mol. The van der Waals surface area contributed by atoms with Crippen LogP contribution in [0.3, 0.4) is 0 Å². The van der Waals surface area contributed by atoms with Gasteiger partial charge in [-0.25, -0.2) is 9.37 Å². The van der Waals surface area contributed by atoms with Crippen molar-refractivity contribution in [2.24, 2.45) is 5.73 Å². The first kappa shape index (κ1) is 25.3. The first-order chi connectivity index (χ1) is 17.2. The number of nitrogens with two attached hydrogens (primary N) is 1. The van der Waals surface area contributed by atoms with Crippen LogP contribution in [0.1, 0.15) is 26.5 Å². The third kappa shape index (κ3) is 5.24. The molecule has 36 heavy (non-hydrogen) atoms. The number of benzene rings is 2. The highest BCUT2D eigenvalue weighted by Gasteiger charge is 2.20. The summed E-state index contributed by atoms with van der Waals surface area (Å²) < 4.78 is 21.2. The summed E-state index contributed by atoms with van der Waals surface area (Å²) in [6.07, 6.45) is 0.0470. The molecule has 186 valence electrons. The number of carbonyl (C=O) groups is 3. The number of halogens is 2. The zero-order valence-electron chi connectivity index (χ0n) is 19.2. The van der Waals surface area contributed by atoms with E-state index in [4.69, 9.17) is 10.5 Å². The fourth-order valence-corrected chi connectivity index (χ4v) is 4.86. The molecule has 9 nitrogen and oxygen atoms in total. The molecule has 0 aliphatic carbocycles. The fraction of sp³-hybridized carbons (Fsp3) is 0.167. The number of thiophene rings is 1. The van der Waals surface area contributed by atoms with Crippen molar-refractivity contribution in [1.82, 2.24) is 9.55 Å². The molecule has 0 fully saturated rings. The summed E-state index contributed by atoms with van der Waals surface area (Å²) in [5, 5.41) is 2.79. The van der Waals surface area contributed by atoms with Gasteiger partial charge < -0.3 is 19.9 Å². The molecule has 0 bridgehead atoms. The van der Waals surface area contributed by atoms with Gasteiger partial charge in [0.05, 0.1) is 26.8 Å². The van der Waals surface area contributed by atoms with Crippen LogP contribution in [0.5, 0.6) is 5.75 Å². The molecule has 3 N–H and O–H groups in total. The Morgan fingerprint density at radius 1 is 1.19 bits per heavy atom. The number of amides is 3. The summed E-state index contributed by atoms with van der Waals surface area (Å²) in [7, 11) is 2.91. The van der Waals surface area contributed by atoms with Gasteiger partial charge in [0, 0.05) is 31.3 Å². The number of fused-ring (bicyclic) bond motifs is 1. The van der Waals surface area contributed by atoms with Crippen LogP contribution in [-0.2, 0) is 11.3 Å². The molecule has 2 heterocycles. The van der Waals surface area contributed by atoms with Crippen molar-refractivity contribution in [3.63, 3.8) is 0 Å². The zero-order chi connectivity index (χ0) is 26.0. The van der Waals surface area contributed by atoms with E-state index in [2.05, 4.69) is 26.2 Å². The summed E-state index contributed by atoms with van der Waals surface area (Å²) >= 11 is 4.61. The minimum Gasteiger partial charge on any atom is -0.494 e. The molecule has 0 aliphatic rings. The topological polar surface area (TPSA) is 120 Å². The Balaban J connectivity index is 1.67. The lowest BCUT2D eigenvalue weighted by Crippen LogP contribution is -2.26. The van der Waals surface area contributed by atoms with Crippen LogP contribution in [0.25, 0.3) is 11.0 Å². The number of ether oxygens (including phenoxy) is 1. The summed E-state index contributed by atoms with van der Waals surface area (Å²) in [5.41, 5.74) is 7.25. The summed E-state index contributed by atoms with van der Waals surface area (Å²) in [6, 6.07) is 12.5. The van der Waals surface area contributed by atoms with E-state index < -0.39 is 11.7 Å². The molecule has 0 atom stereocenters. The average Bonchev–Trinajstić information content (AvgIpc) is 3.44. The van der Waals surface area contributed by atoms with Crippen molar-refractivity contribution >= 4 is 67.7 Å². The van der Waals surface area contributed by atoms with E-state index in [0.717, 1.165) is 3.79 Å². The molecular weight excluding hydrogens is 553 g/mol. The number of aromatic nitrogens is 2. The maximum atomic E-state index is 13.8. The van der Waals surface area contributed by atoms with Crippen LogP contribution in [0.2, 0.25) is 0 Å². The second-order valence-electron chi connectivity index (χ2n) is 7.75. The van der Waals surface area contributed by atoms with Crippen molar-refractivity contribution in [2.45, 2.75) is 13.0 Å². The number of hydrogen-bond donors (Lipinski definition) is 2. The Labute approximate surface area is 217 Å². The van der Waals surface area contributed by atoms with Crippen LogP contribution in [0.4, 0.5) is 16.0 Å². The van der Waals surface area contributed by atoms with E-state index in [1.54, 1.807) is 41.9 Å². The van der Waals surface area contributed by atoms with Gasteiger partial charge in [-0.3, -0.25) is 19.7 Å². The fourth-order valence-electron chi connectivity index (χ4n) is 3.57. The Morgan fingerprint density at radius 2 is 1.97 bits per heavy atom. The van der Waals surface area contributed by atoms with Crippen LogP contribution >= 0.6 is 27.3 Å². The Bertz CT molecular complexity index is 1480. The molecule has 2 aromatic heterocycles. The van der Waals surface area contributed by atoms with Gasteiger partial charge in [0.2, 0.25) is 11.9 Å². The van der Waals surface area contributed by atoms with Gasteiger partial charge in [-0.1, -0.05) is 0 Å². The number of nitrogens with one attached hydrogen (secondary N) is 1. The average molecular weight is 574 g/mol. The SMILES string of the molecule is COc1cc(C(=O)N(C)c2ccc3c(c2)nc(NC(=O)c2ccc(Br)s2)n3CCC(N)=O)ccc1F. The summed E-state index contributed by atoms with van der Waals surface area (Å²) in [4.78, 5) is 43.6. The number of rotatable bonds is 8. The second-order valence-corrected chi connectivity index (χ2v) is 10.2. The molecule has 0 unspecified atom stereocenters. The number of aryl methyl sites for hydroxylation is 1. The molecule has 2 aromatic carbocycles. The summed E-state index contributed by atoms with van der Waals surface area (Å²) in [5.74, 6) is -1.57. The molecular formula is C24H21BrFN5O4S. The lowest BCUT2D eigenvalue weighted by Gasteiger charge is -2.18. The highest BCUT2D eigenvalue weighted by atomic mass is 79.9. The molecule has 0 aliphatic heterocycles. The zero-order valence-corrected chi connectivity index (χ0v) is 21.7. The number of methoxy groups -OCH3 is 1. The molecule has 0 spiro atoms. The largest absolute Gasteiger partial charge is 0.494 e. The molecule has 12 heteroatoms. The van der Waals surface area contributed by atoms with Gasteiger partial charge in [-0.15, -0.1) is 11.3 Å². The predicted octanol–water partition coefficient (Wildman–Crippen LogP) is 4.41. The number of imidazole rings is 1. The normalized spacial score (nSPS) is 10.9. The second kappa shape index (κ2) is 10.5. The highest BCUT2D eigenvalue weighted by molar-refractivity contribution is 9.11. The molecule has 4 aromatic rings. The quantitative estimate of drug-likeness (QED) is 0.323. The molecule has 3 amide bonds. The van der Waals surface area contributed by atoms with E-state index in [9.17, 15) is 18.8 Å². The van der Waals surface area contributed by atoms with Crippen LogP contribution in [0.15, 0.2) is 52.3 Å². The third-order valence-corrected chi connectivity index (χ3v) is 7.05. The lowest BCUT2D eigenvalue weighted by atomic mass is 10.1. The first-order valence-electron chi connectivity index (χ1n) is 10.6. The van der Waals surface area contributed by atoms with Gasteiger partial charge >= 0.3 is 0 Å². The van der Waals surface area contributed by atoms with Crippen molar-refractivity contribution in [2.75, 3.05) is 24.4 Å². The summed E-state index contributed by atoms with van der Waals surface area (Å²) in [6.45, 7) is 0.207. The molecule has 0 saturated carbocycles. The van der Waals surface area contributed by atoms with E-state index in [0.29, 0.717) is 21.6 Å². The smallest absolute Gasteiger partial charge is 0.268 e. The van der Waals surface area contributed by atoms with Crippen molar-refractivity contribution < 1.29 is 23.5 Å². The van der Waals surface area contributed by atoms with Gasteiger partial charge in [0.1, 0.15) is 0 Å². The maximum Gasteiger partial charge on any atom is 0.268 e. The van der Waals surface area contributed by atoms with Gasteiger partial charge in [0.15, 0.2) is 11.6 Å². The Kier molecular flexibility index (Phi) is 7.36. The highest BCUT2D eigenvalue weighted by Crippen LogP contribution is 2.28. The monoisotopic (exact) mass is 573 g/mol. The number of primary amides is 1. The van der Waals surface area contributed by atoms with E-state index in [1.165, 1.54) is 41.5 Å².